The van der Waals surface area contributed by atoms with Crippen molar-refractivity contribution in [3.8, 4) is 5.75 Å². The number of ether oxygens (including phenoxy) is 1. The third-order valence-electron chi connectivity index (χ3n) is 3.28. The minimum atomic E-state index is -1.33. The highest BCUT2D eigenvalue weighted by Crippen LogP contribution is 2.20. The molecule has 3 N–H and O–H groups in total. The molecular weight excluding hydrogens is 312 g/mol. The van der Waals surface area contributed by atoms with Crippen molar-refractivity contribution < 1.29 is 24.5 Å². The molecule has 7 nitrogen and oxygen atoms in total. The zero-order chi connectivity index (χ0) is 16.3. The highest BCUT2D eigenvalue weighted by atomic mass is 35.5. The number of nitrogens with zero attached hydrogens (tertiary/aromatic N) is 1. The van der Waals surface area contributed by atoms with Gasteiger partial charge < -0.3 is 25.2 Å². The molecule has 0 aromatic heterocycles. The smallest absolute Gasteiger partial charge is 0.328 e. The van der Waals surface area contributed by atoms with E-state index < -0.39 is 24.1 Å². The molecule has 1 aromatic carbocycles. The Labute approximate surface area is 132 Å². The third kappa shape index (κ3) is 4.02. The summed E-state index contributed by atoms with van der Waals surface area (Å²) in [5.74, 6) is -0.625. The maximum Gasteiger partial charge on any atom is 0.328 e. The minimum Gasteiger partial charge on any atom is -0.487 e. The van der Waals surface area contributed by atoms with Crippen LogP contribution in [0.3, 0.4) is 0 Å². The van der Waals surface area contributed by atoms with Crippen molar-refractivity contribution in [1.29, 1.82) is 0 Å². The highest BCUT2D eigenvalue weighted by molar-refractivity contribution is 6.30. The standard InChI is InChI=1S/C14H17ClN2O5/c1-8(18)12(13(19)20)16-14(21)17-6-11(7-17)22-10-4-2-9(15)3-5-10/h2-5,8,11-12,18H,6-7H2,1H3,(H,16,21)(H,19,20). The van der Waals surface area contributed by atoms with Gasteiger partial charge in [-0.05, 0) is 31.2 Å². The van der Waals surface area contributed by atoms with E-state index in [1.165, 1.54) is 11.8 Å². The molecular formula is C14H17ClN2O5. The van der Waals surface area contributed by atoms with Gasteiger partial charge in [-0.3, -0.25) is 0 Å². The van der Waals surface area contributed by atoms with E-state index >= 15 is 0 Å². The maximum atomic E-state index is 11.9. The first-order valence-electron chi connectivity index (χ1n) is 6.75. The highest BCUT2D eigenvalue weighted by Gasteiger charge is 2.35. The Morgan fingerprint density at radius 2 is 1.95 bits per heavy atom. The molecule has 2 atom stereocenters. The van der Waals surface area contributed by atoms with Crippen LogP contribution in [-0.4, -0.2) is 58.5 Å². The number of urea groups is 1. The van der Waals surface area contributed by atoms with Gasteiger partial charge in [0.1, 0.15) is 11.9 Å². The second-order valence-corrected chi connectivity index (χ2v) is 5.54. The van der Waals surface area contributed by atoms with E-state index in [9.17, 15) is 14.7 Å². The van der Waals surface area contributed by atoms with Crippen molar-refractivity contribution in [3.05, 3.63) is 29.3 Å². The normalized spacial score (nSPS) is 17.3. The first-order chi connectivity index (χ1) is 10.4. The Bertz CT molecular complexity index is 543. The summed E-state index contributed by atoms with van der Waals surface area (Å²) in [6.45, 7) is 2.00. The fourth-order valence-corrected chi connectivity index (χ4v) is 2.12. The predicted octanol–water partition coefficient (Wildman–Crippen LogP) is 0.947. The lowest BCUT2D eigenvalue weighted by Gasteiger charge is -2.39. The molecule has 1 heterocycles. The van der Waals surface area contributed by atoms with Gasteiger partial charge in [-0.25, -0.2) is 9.59 Å². The Kier molecular flexibility index (Phi) is 5.10. The summed E-state index contributed by atoms with van der Waals surface area (Å²) in [6.07, 6.45) is -1.33. The lowest BCUT2D eigenvalue weighted by atomic mass is 10.1. The number of carboxylic acid groups (broad SMARTS) is 1. The Morgan fingerprint density at radius 3 is 2.45 bits per heavy atom. The molecule has 22 heavy (non-hydrogen) atoms. The average Bonchev–Trinajstić information content (AvgIpc) is 2.40. The summed E-state index contributed by atoms with van der Waals surface area (Å²) in [5.41, 5.74) is 0. The zero-order valence-electron chi connectivity index (χ0n) is 11.9. The number of hydrogen-bond acceptors (Lipinski definition) is 4. The number of rotatable bonds is 5. The third-order valence-corrected chi connectivity index (χ3v) is 3.53. The van der Waals surface area contributed by atoms with Crippen LogP contribution in [0.2, 0.25) is 5.02 Å². The molecule has 0 bridgehead atoms. The summed E-state index contributed by atoms with van der Waals surface area (Å²) in [6, 6.07) is 5.02. The predicted molar refractivity (Wildman–Crippen MR) is 79.1 cm³/mol. The molecule has 2 amide bonds. The van der Waals surface area contributed by atoms with E-state index in [1.807, 2.05) is 0 Å². The van der Waals surface area contributed by atoms with Crippen molar-refractivity contribution in [1.82, 2.24) is 10.2 Å². The fraction of sp³-hybridized carbons (Fsp3) is 0.429. The quantitative estimate of drug-likeness (QED) is 0.747. The van der Waals surface area contributed by atoms with Crippen LogP contribution in [-0.2, 0) is 4.79 Å². The number of halogens is 1. The Balaban J connectivity index is 1.79. The number of benzene rings is 1. The number of aliphatic carboxylic acids is 1. The number of carboxylic acids is 1. The van der Waals surface area contributed by atoms with Gasteiger partial charge in [-0.1, -0.05) is 11.6 Å². The fourth-order valence-electron chi connectivity index (χ4n) is 2.00. The van der Waals surface area contributed by atoms with E-state index in [4.69, 9.17) is 21.4 Å². The number of amides is 2. The average molecular weight is 329 g/mol. The largest absolute Gasteiger partial charge is 0.487 e. The van der Waals surface area contributed by atoms with E-state index in [1.54, 1.807) is 24.3 Å². The van der Waals surface area contributed by atoms with Crippen molar-refractivity contribution in [2.75, 3.05) is 13.1 Å². The van der Waals surface area contributed by atoms with Crippen molar-refractivity contribution in [2.45, 2.75) is 25.2 Å². The molecule has 0 radical (unpaired) electrons. The summed E-state index contributed by atoms with van der Waals surface area (Å²) >= 11 is 5.78. The van der Waals surface area contributed by atoms with Gasteiger partial charge in [0.15, 0.2) is 6.04 Å². The number of carbonyl (C=O) groups is 2. The zero-order valence-corrected chi connectivity index (χ0v) is 12.7. The van der Waals surface area contributed by atoms with Crippen LogP contribution in [0, 0.1) is 0 Å². The molecule has 0 aliphatic carbocycles. The second-order valence-electron chi connectivity index (χ2n) is 5.10. The molecule has 1 saturated heterocycles. The minimum absolute atomic E-state index is 0.151. The van der Waals surface area contributed by atoms with E-state index in [-0.39, 0.29) is 6.10 Å². The summed E-state index contributed by atoms with van der Waals surface area (Å²) < 4.78 is 5.64. The SMILES string of the molecule is CC(O)C(NC(=O)N1CC(Oc2ccc(Cl)cc2)C1)C(=O)O. The molecule has 1 aliphatic rings. The number of aliphatic hydroxyl groups excluding tert-OH is 1. The number of aliphatic hydroxyl groups is 1. The van der Waals surface area contributed by atoms with Gasteiger partial charge >= 0.3 is 12.0 Å². The van der Waals surface area contributed by atoms with Crippen molar-refractivity contribution in [3.63, 3.8) is 0 Å². The molecule has 8 heteroatoms. The molecule has 1 fully saturated rings. The molecule has 2 unspecified atom stereocenters. The first kappa shape index (κ1) is 16.4. The van der Waals surface area contributed by atoms with Crippen LogP contribution in [0.15, 0.2) is 24.3 Å². The van der Waals surface area contributed by atoms with Gasteiger partial charge in [-0.2, -0.15) is 0 Å². The van der Waals surface area contributed by atoms with Crippen LogP contribution in [0.1, 0.15) is 6.92 Å². The van der Waals surface area contributed by atoms with Gasteiger partial charge in [-0.15, -0.1) is 0 Å². The topological polar surface area (TPSA) is 99.1 Å². The molecule has 1 aliphatic heterocycles. The molecule has 1 aromatic rings. The van der Waals surface area contributed by atoms with Gasteiger partial charge in [0.2, 0.25) is 0 Å². The summed E-state index contributed by atoms with van der Waals surface area (Å²) in [5, 5.41) is 21.1. The Hall–Kier alpha value is -1.99. The van der Waals surface area contributed by atoms with Crippen LogP contribution >= 0.6 is 11.6 Å². The van der Waals surface area contributed by atoms with Crippen molar-refractivity contribution in [2.24, 2.45) is 0 Å². The number of likely N-dealkylation sites (tertiary alicyclic amines) is 1. The first-order valence-corrected chi connectivity index (χ1v) is 7.13. The van der Waals surface area contributed by atoms with Crippen LogP contribution in [0.5, 0.6) is 5.75 Å². The van der Waals surface area contributed by atoms with E-state index in [0.29, 0.717) is 23.9 Å². The number of hydrogen-bond donors (Lipinski definition) is 3. The van der Waals surface area contributed by atoms with Crippen molar-refractivity contribution >= 4 is 23.6 Å². The molecule has 2 rings (SSSR count). The lowest BCUT2D eigenvalue weighted by Crippen LogP contribution is -2.61. The van der Waals surface area contributed by atoms with Crippen LogP contribution < -0.4 is 10.1 Å². The molecule has 0 spiro atoms. The summed E-state index contributed by atoms with van der Waals surface area (Å²) in [7, 11) is 0. The van der Waals surface area contributed by atoms with Gasteiger partial charge in [0, 0.05) is 5.02 Å². The van der Waals surface area contributed by atoms with E-state index in [0.717, 1.165) is 0 Å². The molecule has 0 saturated carbocycles. The van der Waals surface area contributed by atoms with Crippen LogP contribution in [0.4, 0.5) is 4.79 Å². The van der Waals surface area contributed by atoms with E-state index in [2.05, 4.69) is 5.32 Å². The second kappa shape index (κ2) is 6.85. The van der Waals surface area contributed by atoms with Gasteiger partial charge in [0.25, 0.3) is 0 Å². The van der Waals surface area contributed by atoms with Gasteiger partial charge in [0.05, 0.1) is 19.2 Å². The monoisotopic (exact) mass is 328 g/mol. The number of carbonyl (C=O) groups excluding carboxylic acids is 1. The summed E-state index contributed by atoms with van der Waals surface area (Å²) in [4.78, 5) is 24.2. The molecule has 120 valence electrons. The van der Waals surface area contributed by atoms with Crippen LogP contribution in [0.25, 0.3) is 0 Å². The number of nitrogens with one attached hydrogen (secondary N) is 1. The maximum absolute atomic E-state index is 11.9. The lowest BCUT2D eigenvalue weighted by molar-refractivity contribution is -0.141. The Morgan fingerprint density at radius 1 is 1.36 bits per heavy atom.